The normalized spacial score (nSPS) is 25.2. The highest BCUT2D eigenvalue weighted by Crippen LogP contribution is 2.35. The van der Waals surface area contributed by atoms with Crippen LogP contribution in [-0.2, 0) is 0 Å². The minimum Gasteiger partial charge on any atom is -0.330 e. The van der Waals surface area contributed by atoms with Crippen molar-refractivity contribution in [2.75, 3.05) is 26.2 Å². The molecular weight excluding hydrogens is 229 g/mol. The highest BCUT2D eigenvalue weighted by molar-refractivity contribution is 4.85. The Morgan fingerprint density at radius 1 is 1.29 bits per heavy atom. The van der Waals surface area contributed by atoms with Crippen molar-refractivity contribution < 1.29 is 13.2 Å². The van der Waals surface area contributed by atoms with E-state index in [2.05, 4.69) is 20.8 Å². The molecule has 17 heavy (non-hydrogen) atoms. The maximum absolute atomic E-state index is 12.6. The molecule has 0 aromatic heterocycles. The molecule has 2 atom stereocenters. The first-order valence-electron chi connectivity index (χ1n) is 6.13. The molecule has 1 aliphatic heterocycles. The Morgan fingerprint density at radius 2 is 1.88 bits per heavy atom. The van der Waals surface area contributed by atoms with E-state index in [1.807, 2.05) is 4.90 Å². The molecule has 2 nitrogen and oxygen atoms in total. The van der Waals surface area contributed by atoms with Crippen LogP contribution < -0.4 is 5.73 Å². The van der Waals surface area contributed by atoms with Crippen LogP contribution in [0.2, 0.25) is 0 Å². The topological polar surface area (TPSA) is 29.3 Å². The van der Waals surface area contributed by atoms with Crippen LogP contribution in [0, 0.1) is 17.3 Å². The molecule has 2 unspecified atom stereocenters. The van der Waals surface area contributed by atoms with Gasteiger partial charge in [0.05, 0.1) is 5.92 Å². The van der Waals surface area contributed by atoms with E-state index in [9.17, 15) is 13.2 Å². The van der Waals surface area contributed by atoms with Crippen molar-refractivity contribution >= 4 is 0 Å². The molecule has 0 aromatic carbocycles. The predicted molar refractivity (Wildman–Crippen MR) is 62.6 cm³/mol. The number of nitrogens with two attached hydrogens (primary N) is 1. The SMILES string of the molecule is CC(C)(C)C1CCN(CC(CN)C(F)(F)F)C1. The molecule has 0 aromatic rings. The third-order valence-electron chi connectivity index (χ3n) is 3.72. The van der Waals surface area contributed by atoms with Gasteiger partial charge in [-0.05, 0) is 24.3 Å². The van der Waals surface area contributed by atoms with Gasteiger partial charge in [0.1, 0.15) is 0 Å². The van der Waals surface area contributed by atoms with Crippen molar-refractivity contribution in [2.45, 2.75) is 33.4 Å². The molecule has 1 fully saturated rings. The fourth-order valence-electron chi connectivity index (χ4n) is 2.33. The number of rotatable bonds is 3. The largest absolute Gasteiger partial charge is 0.394 e. The summed E-state index contributed by atoms with van der Waals surface area (Å²) in [7, 11) is 0. The molecule has 2 N–H and O–H groups in total. The van der Waals surface area contributed by atoms with Gasteiger partial charge in [0.15, 0.2) is 0 Å². The van der Waals surface area contributed by atoms with E-state index in [4.69, 9.17) is 5.73 Å². The molecule has 0 aliphatic carbocycles. The van der Waals surface area contributed by atoms with Crippen LogP contribution in [0.3, 0.4) is 0 Å². The monoisotopic (exact) mass is 252 g/mol. The van der Waals surface area contributed by atoms with Crippen molar-refractivity contribution in [2.24, 2.45) is 23.0 Å². The Balaban J connectivity index is 2.50. The van der Waals surface area contributed by atoms with Crippen LogP contribution >= 0.6 is 0 Å². The minimum atomic E-state index is -4.17. The van der Waals surface area contributed by atoms with Gasteiger partial charge in [-0.15, -0.1) is 0 Å². The number of halogens is 3. The summed E-state index contributed by atoms with van der Waals surface area (Å²) in [4.78, 5) is 1.90. The Kier molecular flexibility index (Phi) is 4.47. The van der Waals surface area contributed by atoms with E-state index < -0.39 is 12.1 Å². The average Bonchev–Trinajstić information content (AvgIpc) is 2.59. The van der Waals surface area contributed by atoms with Crippen LogP contribution in [0.4, 0.5) is 13.2 Å². The first-order valence-corrected chi connectivity index (χ1v) is 6.13. The van der Waals surface area contributed by atoms with Crippen molar-refractivity contribution in [1.82, 2.24) is 4.90 Å². The fourth-order valence-corrected chi connectivity index (χ4v) is 2.33. The summed E-state index contributed by atoms with van der Waals surface area (Å²) in [6, 6.07) is 0. The Bertz CT molecular complexity index is 245. The van der Waals surface area contributed by atoms with Gasteiger partial charge in [-0.3, -0.25) is 0 Å². The van der Waals surface area contributed by atoms with Crippen LogP contribution in [0.1, 0.15) is 27.2 Å². The van der Waals surface area contributed by atoms with Crippen LogP contribution in [0.25, 0.3) is 0 Å². The highest BCUT2D eigenvalue weighted by Gasteiger charge is 2.41. The smallest absolute Gasteiger partial charge is 0.330 e. The fraction of sp³-hybridized carbons (Fsp3) is 1.00. The summed E-state index contributed by atoms with van der Waals surface area (Å²) in [5.41, 5.74) is 5.38. The maximum Gasteiger partial charge on any atom is 0.394 e. The van der Waals surface area contributed by atoms with Gasteiger partial charge in [0, 0.05) is 19.6 Å². The number of alkyl halides is 3. The second-order valence-corrected chi connectivity index (χ2v) is 6.09. The minimum absolute atomic E-state index is 0.0482. The lowest BCUT2D eigenvalue weighted by atomic mass is 9.80. The summed E-state index contributed by atoms with van der Waals surface area (Å²) in [5, 5.41) is 0. The number of hydrogen-bond donors (Lipinski definition) is 1. The Hall–Kier alpha value is -0.290. The standard InChI is InChI=1S/C12H23F3N2/c1-11(2,3)9-4-5-17(7-9)8-10(6-16)12(13,14)15/h9-10H,4-8,16H2,1-3H3. The molecular formula is C12H23F3N2. The molecule has 1 heterocycles. The van der Waals surface area contributed by atoms with Crippen LogP contribution in [-0.4, -0.2) is 37.3 Å². The number of hydrogen-bond acceptors (Lipinski definition) is 2. The van der Waals surface area contributed by atoms with Crippen molar-refractivity contribution in [3.8, 4) is 0 Å². The third-order valence-corrected chi connectivity index (χ3v) is 3.72. The second-order valence-electron chi connectivity index (χ2n) is 6.09. The first kappa shape index (κ1) is 14.8. The second kappa shape index (κ2) is 5.14. The Morgan fingerprint density at radius 3 is 2.24 bits per heavy atom. The first-order chi connectivity index (χ1) is 7.64. The van der Waals surface area contributed by atoms with E-state index in [1.165, 1.54) is 0 Å². The average molecular weight is 252 g/mol. The zero-order chi connectivity index (χ0) is 13.3. The van der Waals surface area contributed by atoms with E-state index in [-0.39, 0.29) is 18.5 Å². The van der Waals surface area contributed by atoms with Gasteiger partial charge in [-0.1, -0.05) is 20.8 Å². The van der Waals surface area contributed by atoms with Crippen LogP contribution in [0.5, 0.6) is 0 Å². The maximum atomic E-state index is 12.6. The third kappa shape index (κ3) is 4.14. The molecule has 1 saturated heterocycles. The van der Waals surface area contributed by atoms with Crippen molar-refractivity contribution in [1.29, 1.82) is 0 Å². The van der Waals surface area contributed by atoms with E-state index in [0.29, 0.717) is 5.92 Å². The number of nitrogens with zero attached hydrogens (tertiary/aromatic N) is 1. The zero-order valence-corrected chi connectivity index (χ0v) is 10.8. The van der Waals surface area contributed by atoms with Gasteiger partial charge in [0.2, 0.25) is 0 Å². The van der Waals surface area contributed by atoms with Gasteiger partial charge in [-0.2, -0.15) is 13.2 Å². The summed E-state index contributed by atoms with van der Waals surface area (Å²) in [6.07, 6.45) is -3.19. The van der Waals surface area contributed by atoms with Gasteiger partial charge >= 0.3 is 6.18 Å². The van der Waals surface area contributed by atoms with Gasteiger partial charge < -0.3 is 10.6 Å². The van der Waals surface area contributed by atoms with Crippen molar-refractivity contribution in [3.05, 3.63) is 0 Å². The lowest BCUT2D eigenvalue weighted by Crippen LogP contribution is -2.40. The quantitative estimate of drug-likeness (QED) is 0.836. The zero-order valence-electron chi connectivity index (χ0n) is 10.8. The summed E-state index contributed by atoms with van der Waals surface area (Å²) < 4.78 is 37.8. The van der Waals surface area contributed by atoms with Crippen molar-refractivity contribution in [3.63, 3.8) is 0 Å². The molecule has 0 saturated carbocycles. The lowest BCUT2D eigenvalue weighted by molar-refractivity contribution is -0.175. The van der Waals surface area contributed by atoms with Gasteiger partial charge in [0.25, 0.3) is 0 Å². The number of likely N-dealkylation sites (tertiary alicyclic amines) is 1. The highest BCUT2D eigenvalue weighted by atomic mass is 19.4. The summed E-state index contributed by atoms with van der Waals surface area (Å²) in [6.45, 7) is 7.68. The summed E-state index contributed by atoms with van der Waals surface area (Å²) in [5.74, 6) is -0.907. The Labute approximate surface area is 101 Å². The molecule has 0 bridgehead atoms. The van der Waals surface area contributed by atoms with Gasteiger partial charge in [-0.25, -0.2) is 0 Å². The molecule has 5 heteroatoms. The van der Waals surface area contributed by atoms with E-state index >= 15 is 0 Å². The van der Waals surface area contributed by atoms with Crippen LogP contribution in [0.15, 0.2) is 0 Å². The predicted octanol–water partition coefficient (Wildman–Crippen LogP) is 2.49. The molecule has 1 rings (SSSR count). The molecule has 0 radical (unpaired) electrons. The van der Waals surface area contributed by atoms with E-state index in [0.717, 1.165) is 19.5 Å². The molecule has 1 aliphatic rings. The molecule has 102 valence electrons. The molecule has 0 amide bonds. The lowest BCUT2D eigenvalue weighted by Gasteiger charge is -2.28. The summed E-state index contributed by atoms with van der Waals surface area (Å²) >= 11 is 0. The molecule has 0 spiro atoms. The van der Waals surface area contributed by atoms with E-state index in [1.54, 1.807) is 0 Å².